The molecule has 0 aromatic heterocycles. The second kappa shape index (κ2) is 5.33. The molecule has 0 aromatic carbocycles. The quantitative estimate of drug-likeness (QED) is 0.290. The summed E-state index contributed by atoms with van der Waals surface area (Å²) in [5, 5.41) is 31.6. The SMILES string of the molecule is CC1CC(O)(CN)C2(O)OC3C(CC(N)C(O)C3N)OC2O1. The highest BCUT2D eigenvalue weighted by Crippen LogP contribution is 2.45. The highest BCUT2D eigenvalue weighted by Gasteiger charge is 2.66. The van der Waals surface area contributed by atoms with Crippen LogP contribution in [-0.2, 0) is 14.2 Å². The molecule has 9 heteroatoms. The fourth-order valence-electron chi connectivity index (χ4n) is 3.63. The van der Waals surface area contributed by atoms with Gasteiger partial charge >= 0.3 is 0 Å². The van der Waals surface area contributed by atoms with E-state index in [0.717, 1.165) is 0 Å². The van der Waals surface area contributed by atoms with Crippen LogP contribution in [0, 0.1) is 0 Å². The minimum atomic E-state index is -2.14. The summed E-state index contributed by atoms with van der Waals surface area (Å²) >= 11 is 0. The lowest BCUT2D eigenvalue weighted by atomic mass is 9.79. The van der Waals surface area contributed by atoms with Crippen LogP contribution in [0.2, 0.25) is 0 Å². The second-order valence-electron chi connectivity index (χ2n) is 6.64. The maximum atomic E-state index is 10.9. The Morgan fingerprint density at radius 1 is 1.23 bits per heavy atom. The maximum absolute atomic E-state index is 10.9. The average molecular weight is 319 g/mol. The Bertz CT molecular complexity index is 442. The highest BCUT2D eigenvalue weighted by molar-refractivity contribution is 5.08. The summed E-state index contributed by atoms with van der Waals surface area (Å²) in [6, 6.07) is -1.40. The van der Waals surface area contributed by atoms with E-state index in [-0.39, 0.29) is 19.1 Å². The Hall–Kier alpha value is -0.360. The first-order valence-corrected chi connectivity index (χ1v) is 7.54. The van der Waals surface area contributed by atoms with Gasteiger partial charge in [-0.15, -0.1) is 0 Å². The molecule has 9 atom stereocenters. The van der Waals surface area contributed by atoms with Gasteiger partial charge in [0.1, 0.15) is 11.7 Å². The molecule has 9 nitrogen and oxygen atoms in total. The predicted octanol–water partition coefficient (Wildman–Crippen LogP) is -3.30. The molecule has 0 amide bonds. The smallest absolute Gasteiger partial charge is 0.249 e. The van der Waals surface area contributed by atoms with E-state index in [1.807, 2.05) is 0 Å². The lowest BCUT2D eigenvalue weighted by Crippen LogP contribution is -2.78. The third-order valence-electron chi connectivity index (χ3n) is 5.00. The van der Waals surface area contributed by atoms with Crippen molar-refractivity contribution < 1.29 is 29.5 Å². The molecule has 128 valence electrons. The van der Waals surface area contributed by atoms with E-state index < -0.39 is 48.1 Å². The molecule has 0 radical (unpaired) electrons. The Kier molecular flexibility index (Phi) is 4.00. The number of hydrogen-bond acceptors (Lipinski definition) is 9. The summed E-state index contributed by atoms with van der Waals surface area (Å²) in [5.74, 6) is -2.14. The van der Waals surface area contributed by atoms with Crippen LogP contribution in [0.3, 0.4) is 0 Å². The minimum Gasteiger partial charge on any atom is -0.390 e. The maximum Gasteiger partial charge on any atom is 0.249 e. The molecule has 2 aliphatic heterocycles. The van der Waals surface area contributed by atoms with Crippen LogP contribution in [0.15, 0.2) is 0 Å². The molecule has 0 aromatic rings. The number of fused-ring (bicyclic) bond motifs is 2. The molecule has 2 saturated heterocycles. The van der Waals surface area contributed by atoms with Crippen molar-refractivity contribution in [3.63, 3.8) is 0 Å². The van der Waals surface area contributed by atoms with Crippen LogP contribution >= 0.6 is 0 Å². The molecule has 22 heavy (non-hydrogen) atoms. The molecule has 3 rings (SSSR count). The Labute approximate surface area is 128 Å². The number of ether oxygens (including phenoxy) is 3. The van der Waals surface area contributed by atoms with Crippen molar-refractivity contribution in [1.82, 2.24) is 0 Å². The lowest BCUT2D eigenvalue weighted by molar-refractivity contribution is -0.475. The molecule has 0 bridgehead atoms. The number of rotatable bonds is 1. The van der Waals surface area contributed by atoms with Gasteiger partial charge in [0, 0.05) is 19.0 Å². The van der Waals surface area contributed by atoms with Gasteiger partial charge in [-0.2, -0.15) is 0 Å². The summed E-state index contributed by atoms with van der Waals surface area (Å²) in [7, 11) is 0. The molecule has 1 aliphatic carbocycles. The van der Waals surface area contributed by atoms with Crippen molar-refractivity contribution in [2.24, 2.45) is 17.2 Å². The van der Waals surface area contributed by atoms with Crippen molar-refractivity contribution in [3.05, 3.63) is 0 Å². The first-order valence-electron chi connectivity index (χ1n) is 7.54. The van der Waals surface area contributed by atoms with Crippen LogP contribution in [0.1, 0.15) is 19.8 Å². The van der Waals surface area contributed by atoms with Gasteiger partial charge in [0.05, 0.1) is 24.4 Å². The molecule has 3 fully saturated rings. The lowest BCUT2D eigenvalue weighted by Gasteiger charge is -2.58. The van der Waals surface area contributed by atoms with Crippen LogP contribution in [0.25, 0.3) is 0 Å². The Balaban J connectivity index is 1.91. The predicted molar refractivity (Wildman–Crippen MR) is 74.2 cm³/mol. The van der Waals surface area contributed by atoms with Gasteiger partial charge in [0.15, 0.2) is 0 Å². The average Bonchev–Trinajstić information content (AvgIpc) is 2.46. The molecule has 2 heterocycles. The van der Waals surface area contributed by atoms with E-state index in [9.17, 15) is 15.3 Å². The van der Waals surface area contributed by atoms with E-state index >= 15 is 0 Å². The van der Waals surface area contributed by atoms with Crippen molar-refractivity contribution in [3.8, 4) is 0 Å². The van der Waals surface area contributed by atoms with Gasteiger partial charge < -0.3 is 46.7 Å². The van der Waals surface area contributed by atoms with Gasteiger partial charge in [-0.1, -0.05) is 0 Å². The number of aliphatic hydroxyl groups is 3. The molecular formula is C13H25N3O6. The Morgan fingerprint density at radius 3 is 2.55 bits per heavy atom. The number of hydrogen-bond donors (Lipinski definition) is 6. The van der Waals surface area contributed by atoms with Crippen LogP contribution in [0.4, 0.5) is 0 Å². The third-order valence-corrected chi connectivity index (χ3v) is 5.00. The van der Waals surface area contributed by atoms with Gasteiger partial charge in [0.2, 0.25) is 12.1 Å². The number of aliphatic hydroxyl groups excluding tert-OH is 1. The van der Waals surface area contributed by atoms with Crippen molar-refractivity contribution >= 4 is 0 Å². The molecule has 0 spiro atoms. The molecule has 3 aliphatic rings. The highest BCUT2D eigenvalue weighted by atomic mass is 16.8. The van der Waals surface area contributed by atoms with Gasteiger partial charge in [0.25, 0.3) is 0 Å². The largest absolute Gasteiger partial charge is 0.390 e. The van der Waals surface area contributed by atoms with E-state index in [1.54, 1.807) is 6.92 Å². The molecular weight excluding hydrogens is 294 g/mol. The van der Waals surface area contributed by atoms with E-state index in [0.29, 0.717) is 6.42 Å². The van der Waals surface area contributed by atoms with Crippen LogP contribution < -0.4 is 17.2 Å². The van der Waals surface area contributed by atoms with Crippen molar-refractivity contribution in [1.29, 1.82) is 0 Å². The van der Waals surface area contributed by atoms with Gasteiger partial charge in [-0.25, -0.2) is 0 Å². The molecule has 9 N–H and O–H groups in total. The molecule has 1 saturated carbocycles. The first-order chi connectivity index (χ1) is 10.2. The second-order valence-corrected chi connectivity index (χ2v) is 6.64. The zero-order valence-corrected chi connectivity index (χ0v) is 12.5. The number of nitrogens with two attached hydrogens (primary N) is 3. The van der Waals surface area contributed by atoms with Crippen molar-refractivity contribution in [2.45, 2.75) is 73.9 Å². The zero-order valence-electron chi connectivity index (χ0n) is 12.5. The summed E-state index contributed by atoms with van der Waals surface area (Å²) < 4.78 is 17.1. The van der Waals surface area contributed by atoms with Gasteiger partial charge in [-0.3, -0.25) is 0 Å². The normalized spacial score (nSPS) is 58.8. The topological polar surface area (TPSA) is 166 Å². The van der Waals surface area contributed by atoms with Crippen LogP contribution in [-0.4, -0.2) is 76.0 Å². The van der Waals surface area contributed by atoms with E-state index in [1.165, 1.54) is 0 Å². The fraction of sp³-hybridized carbons (Fsp3) is 1.00. The van der Waals surface area contributed by atoms with E-state index in [2.05, 4.69) is 0 Å². The third kappa shape index (κ3) is 2.20. The fourth-order valence-corrected chi connectivity index (χ4v) is 3.63. The standard InChI is InChI=1S/C13H25N3O6/c1-5-3-12(18,4-14)13(19)11(20-5)21-7-2-6(15)9(17)8(16)10(7)22-13/h5-11,17-19H,2-4,14-16H2,1H3. The zero-order chi connectivity index (χ0) is 16.3. The molecule has 9 unspecified atom stereocenters. The summed E-state index contributed by atoms with van der Waals surface area (Å²) in [5.41, 5.74) is 15.7. The van der Waals surface area contributed by atoms with Gasteiger partial charge in [-0.05, 0) is 13.3 Å². The summed E-state index contributed by atoms with van der Waals surface area (Å²) in [6.45, 7) is 1.52. The summed E-state index contributed by atoms with van der Waals surface area (Å²) in [6.07, 6.45) is -3.49. The van der Waals surface area contributed by atoms with E-state index in [4.69, 9.17) is 31.4 Å². The minimum absolute atomic E-state index is 0.0918. The first kappa shape index (κ1) is 16.5. The monoisotopic (exact) mass is 319 g/mol. The summed E-state index contributed by atoms with van der Waals surface area (Å²) in [4.78, 5) is 0. The van der Waals surface area contributed by atoms with Crippen molar-refractivity contribution in [2.75, 3.05) is 6.54 Å². The Morgan fingerprint density at radius 2 is 1.91 bits per heavy atom. The van der Waals surface area contributed by atoms with Crippen LogP contribution in [0.5, 0.6) is 0 Å².